The van der Waals surface area contributed by atoms with Crippen LogP contribution >= 0.6 is 0 Å². The minimum Gasteiger partial charge on any atom is -0.341 e. The van der Waals surface area contributed by atoms with E-state index in [1.165, 1.54) is 5.56 Å². The second kappa shape index (κ2) is 7.65. The lowest BCUT2D eigenvalue weighted by Gasteiger charge is -2.29. The zero-order chi connectivity index (χ0) is 24.4. The van der Waals surface area contributed by atoms with Crippen LogP contribution in [0.5, 0.6) is 0 Å². The summed E-state index contributed by atoms with van der Waals surface area (Å²) < 4.78 is 54.2. The zero-order valence-electron chi connectivity index (χ0n) is 19.3. The van der Waals surface area contributed by atoms with Crippen LogP contribution in [0.15, 0.2) is 60.7 Å². The molecule has 3 aromatic carbocycles. The van der Waals surface area contributed by atoms with Gasteiger partial charge in [-0.1, -0.05) is 54.1 Å². The van der Waals surface area contributed by atoms with Crippen LogP contribution in [0, 0.1) is 18.2 Å². The highest BCUT2D eigenvalue weighted by Crippen LogP contribution is 2.71. The average molecular weight is 480 g/mol. The summed E-state index contributed by atoms with van der Waals surface area (Å²) in [6.45, 7) is 3.83. The molecule has 180 valence electrons. The number of aryl methyl sites for hydroxylation is 1. The van der Waals surface area contributed by atoms with Crippen molar-refractivity contribution >= 4 is 11.0 Å². The first-order valence-electron chi connectivity index (χ1n) is 11.9. The molecule has 1 aromatic heterocycles. The van der Waals surface area contributed by atoms with Gasteiger partial charge in [-0.15, -0.1) is 0 Å². The number of piperidine rings is 1. The highest BCUT2D eigenvalue weighted by Gasteiger charge is 2.69. The maximum Gasteiger partial charge on any atom is 0.419 e. The van der Waals surface area contributed by atoms with Gasteiger partial charge in [-0.2, -0.15) is 13.2 Å². The number of hydrogen-bond donors (Lipinski definition) is 2. The largest absolute Gasteiger partial charge is 0.419 e. The fraction of sp³-hybridized carbons (Fsp3) is 0.321. The van der Waals surface area contributed by atoms with E-state index in [9.17, 15) is 17.6 Å². The Labute approximate surface area is 200 Å². The quantitative estimate of drug-likeness (QED) is 0.319. The van der Waals surface area contributed by atoms with Crippen molar-refractivity contribution in [3.63, 3.8) is 0 Å². The first-order valence-corrected chi connectivity index (χ1v) is 11.9. The van der Waals surface area contributed by atoms with E-state index in [0.29, 0.717) is 5.82 Å². The van der Waals surface area contributed by atoms with Crippen LogP contribution in [-0.4, -0.2) is 23.1 Å². The summed E-state index contributed by atoms with van der Waals surface area (Å²) in [5, 5.41) is 3.41. The third-order valence-electron chi connectivity index (χ3n) is 7.95. The SMILES string of the molecule is Cc1cccc(-c2ccc(C3(c4nc5cc(F)c(C(F)(F)F)cc5[nH]4)CC34CCNCC4)cc2)c1. The van der Waals surface area contributed by atoms with E-state index >= 15 is 0 Å². The van der Waals surface area contributed by atoms with E-state index in [1.807, 2.05) is 6.07 Å². The molecule has 1 spiro atoms. The minimum atomic E-state index is -4.76. The maximum atomic E-state index is 14.3. The highest BCUT2D eigenvalue weighted by molar-refractivity contribution is 5.77. The summed E-state index contributed by atoms with van der Waals surface area (Å²) in [6.07, 6.45) is -2.00. The van der Waals surface area contributed by atoms with E-state index < -0.39 is 23.0 Å². The monoisotopic (exact) mass is 479 g/mol. The molecular weight excluding hydrogens is 454 g/mol. The molecule has 2 heterocycles. The summed E-state index contributed by atoms with van der Waals surface area (Å²) in [6, 6.07) is 18.5. The Morgan fingerprint density at radius 2 is 1.66 bits per heavy atom. The van der Waals surface area contributed by atoms with Crippen LogP contribution < -0.4 is 5.32 Å². The van der Waals surface area contributed by atoms with Gasteiger partial charge in [-0.05, 0) is 67.4 Å². The maximum absolute atomic E-state index is 14.3. The smallest absolute Gasteiger partial charge is 0.341 e. The molecule has 2 fully saturated rings. The third-order valence-corrected chi connectivity index (χ3v) is 7.95. The summed E-state index contributed by atoms with van der Waals surface area (Å²) in [7, 11) is 0. The predicted octanol–water partition coefficient (Wildman–Crippen LogP) is 6.76. The van der Waals surface area contributed by atoms with E-state index in [1.54, 1.807) is 0 Å². The lowest BCUT2D eigenvalue weighted by Crippen LogP contribution is -2.34. The highest BCUT2D eigenvalue weighted by atomic mass is 19.4. The molecule has 4 aromatic rings. The summed E-state index contributed by atoms with van der Waals surface area (Å²) >= 11 is 0. The zero-order valence-corrected chi connectivity index (χ0v) is 19.3. The van der Waals surface area contributed by atoms with Crippen molar-refractivity contribution in [1.82, 2.24) is 15.3 Å². The van der Waals surface area contributed by atoms with Crippen molar-refractivity contribution < 1.29 is 17.6 Å². The Balaban J connectivity index is 1.46. The van der Waals surface area contributed by atoms with E-state index in [0.717, 1.165) is 61.2 Å². The number of H-pyrrole nitrogens is 1. The molecule has 0 radical (unpaired) electrons. The molecule has 1 saturated heterocycles. The first kappa shape index (κ1) is 22.3. The Morgan fingerprint density at radius 3 is 2.34 bits per heavy atom. The van der Waals surface area contributed by atoms with Crippen molar-refractivity contribution in [2.45, 2.75) is 37.8 Å². The summed E-state index contributed by atoms with van der Waals surface area (Å²) in [4.78, 5) is 7.83. The van der Waals surface area contributed by atoms with Gasteiger partial charge in [0.15, 0.2) is 0 Å². The number of benzene rings is 3. The van der Waals surface area contributed by atoms with Gasteiger partial charge < -0.3 is 10.3 Å². The topological polar surface area (TPSA) is 40.7 Å². The summed E-state index contributed by atoms with van der Waals surface area (Å²) in [5.41, 5.74) is 3.21. The molecule has 1 unspecified atom stereocenters. The fourth-order valence-electron chi connectivity index (χ4n) is 6.07. The van der Waals surface area contributed by atoms with Gasteiger partial charge in [0.2, 0.25) is 0 Å². The lowest BCUT2D eigenvalue weighted by molar-refractivity contribution is -0.139. The number of aromatic amines is 1. The molecule has 6 rings (SSSR count). The molecule has 0 bridgehead atoms. The van der Waals surface area contributed by atoms with Gasteiger partial charge in [0.1, 0.15) is 11.6 Å². The van der Waals surface area contributed by atoms with E-state index in [2.05, 4.69) is 64.7 Å². The van der Waals surface area contributed by atoms with Gasteiger partial charge in [0, 0.05) is 6.07 Å². The lowest BCUT2D eigenvalue weighted by atomic mass is 9.79. The number of halogens is 4. The molecule has 3 nitrogen and oxygen atoms in total. The first-order chi connectivity index (χ1) is 16.7. The van der Waals surface area contributed by atoms with Crippen LogP contribution in [0.4, 0.5) is 17.6 Å². The summed E-state index contributed by atoms with van der Waals surface area (Å²) in [5.74, 6) is -0.677. The molecule has 2 N–H and O–H groups in total. The number of aromatic nitrogens is 2. The van der Waals surface area contributed by atoms with E-state index in [-0.39, 0.29) is 16.4 Å². The molecular formula is C28H25F4N3. The number of rotatable bonds is 3. The van der Waals surface area contributed by atoms with Crippen molar-refractivity contribution in [2.24, 2.45) is 5.41 Å². The van der Waals surface area contributed by atoms with Crippen LogP contribution in [-0.2, 0) is 11.6 Å². The second-order valence-corrected chi connectivity index (χ2v) is 9.99. The predicted molar refractivity (Wildman–Crippen MR) is 128 cm³/mol. The van der Waals surface area contributed by atoms with Gasteiger partial charge >= 0.3 is 6.18 Å². The van der Waals surface area contributed by atoms with Crippen molar-refractivity contribution in [3.8, 4) is 11.1 Å². The second-order valence-electron chi connectivity index (χ2n) is 9.99. The molecule has 35 heavy (non-hydrogen) atoms. The normalized spacial score (nSPS) is 21.5. The molecule has 1 aliphatic heterocycles. The number of alkyl halides is 3. The van der Waals surface area contributed by atoms with E-state index in [4.69, 9.17) is 0 Å². The van der Waals surface area contributed by atoms with Crippen molar-refractivity contribution in [1.29, 1.82) is 0 Å². The Bertz CT molecular complexity index is 1410. The number of imidazole rings is 1. The number of fused-ring (bicyclic) bond motifs is 1. The van der Waals surface area contributed by atoms with Gasteiger partial charge in [0.05, 0.1) is 22.0 Å². The van der Waals surface area contributed by atoms with Crippen LogP contribution in [0.2, 0.25) is 0 Å². The third kappa shape index (κ3) is 3.47. The van der Waals surface area contributed by atoms with Crippen LogP contribution in [0.3, 0.4) is 0 Å². The molecule has 7 heteroatoms. The van der Waals surface area contributed by atoms with Crippen molar-refractivity contribution in [2.75, 3.05) is 13.1 Å². The molecule has 1 saturated carbocycles. The molecule has 2 aliphatic rings. The number of nitrogens with zero attached hydrogens (tertiary/aromatic N) is 1. The Kier molecular flexibility index (Phi) is 4.87. The number of nitrogens with one attached hydrogen (secondary N) is 2. The Hall–Kier alpha value is -3.19. The number of hydrogen-bond acceptors (Lipinski definition) is 2. The van der Waals surface area contributed by atoms with Crippen LogP contribution in [0.25, 0.3) is 22.2 Å². The standard InChI is InChI=1S/C28H25F4N3/c1-17-3-2-4-19(13-17)18-5-7-20(8-6-18)27(16-26(27)9-11-33-12-10-26)25-34-23-14-21(28(30,31)32)22(29)15-24(23)35-25/h2-8,13-15,33H,9-12,16H2,1H3,(H,34,35). The molecule has 1 aliphatic carbocycles. The fourth-order valence-corrected chi connectivity index (χ4v) is 6.07. The van der Waals surface area contributed by atoms with Gasteiger partial charge in [0.25, 0.3) is 0 Å². The van der Waals surface area contributed by atoms with Crippen LogP contribution in [0.1, 0.15) is 41.8 Å². The molecule has 1 atom stereocenters. The minimum absolute atomic E-state index is 0.0254. The van der Waals surface area contributed by atoms with Gasteiger partial charge in [-0.3, -0.25) is 0 Å². The Morgan fingerprint density at radius 1 is 0.914 bits per heavy atom. The van der Waals surface area contributed by atoms with Gasteiger partial charge in [-0.25, -0.2) is 9.37 Å². The van der Waals surface area contributed by atoms with Crippen molar-refractivity contribution in [3.05, 3.63) is 89.0 Å². The molecule has 0 amide bonds. The average Bonchev–Trinajstić information content (AvgIpc) is 3.26.